The van der Waals surface area contributed by atoms with E-state index in [0.29, 0.717) is 11.2 Å². The molecule has 0 radical (unpaired) electrons. The first-order chi connectivity index (χ1) is 7.84. The second-order valence-corrected chi connectivity index (χ2v) is 6.06. The maximum Gasteiger partial charge on any atom is 0.490 e. The van der Waals surface area contributed by atoms with E-state index in [4.69, 9.17) is 0 Å². The minimum absolute atomic E-state index is 0.108. The molecule has 0 saturated heterocycles. The Hall–Kier alpha value is 0.220. The van der Waals surface area contributed by atoms with Crippen LogP contribution in [-0.4, -0.2) is 28.4 Å². The van der Waals surface area contributed by atoms with E-state index in [0.717, 1.165) is 24.6 Å². The van der Waals surface area contributed by atoms with Crippen molar-refractivity contribution in [2.75, 3.05) is 5.33 Å². The SMILES string of the molecule is O=C(O[C@@H]1C[C@H]1CCCC(Br)CBr)C(F)(F)F. The first kappa shape index (κ1) is 15.3. The number of esters is 1. The summed E-state index contributed by atoms with van der Waals surface area (Å²) in [5.41, 5.74) is 0. The van der Waals surface area contributed by atoms with Gasteiger partial charge in [0.2, 0.25) is 0 Å². The molecule has 0 amide bonds. The number of alkyl halides is 5. The fraction of sp³-hybridized carbons (Fsp3) is 0.900. The molecular formula is C10H13Br2F3O2. The molecule has 1 aliphatic carbocycles. The molecule has 3 atom stereocenters. The highest BCUT2D eigenvalue weighted by atomic mass is 79.9. The van der Waals surface area contributed by atoms with E-state index >= 15 is 0 Å². The summed E-state index contributed by atoms with van der Waals surface area (Å²) in [7, 11) is 0. The van der Waals surface area contributed by atoms with E-state index < -0.39 is 18.2 Å². The molecule has 1 rings (SSSR count). The summed E-state index contributed by atoms with van der Waals surface area (Å²) in [5.74, 6) is -1.96. The smallest absolute Gasteiger partial charge is 0.455 e. The molecule has 0 aliphatic heterocycles. The standard InChI is InChI=1S/C10H13Br2F3O2/c11-5-7(12)3-1-2-6-4-8(6)17-9(16)10(13,14)15/h6-8H,1-5H2/t6-,7?,8-/m1/s1. The Bertz CT molecular complexity index is 271. The van der Waals surface area contributed by atoms with Crippen molar-refractivity contribution in [3.8, 4) is 0 Å². The summed E-state index contributed by atoms with van der Waals surface area (Å²) in [4.78, 5) is 10.9. The highest BCUT2D eigenvalue weighted by Gasteiger charge is 2.47. The fourth-order valence-electron chi connectivity index (χ4n) is 1.55. The van der Waals surface area contributed by atoms with Crippen LogP contribution in [0.3, 0.4) is 0 Å². The number of halogens is 5. The van der Waals surface area contributed by atoms with E-state index in [1.54, 1.807) is 0 Å². The predicted molar refractivity (Wildman–Crippen MR) is 64.4 cm³/mol. The molecule has 100 valence electrons. The van der Waals surface area contributed by atoms with Gasteiger partial charge < -0.3 is 4.74 Å². The third-order valence-electron chi connectivity index (χ3n) is 2.61. The Kier molecular flexibility index (Phi) is 5.76. The van der Waals surface area contributed by atoms with Crippen molar-refractivity contribution in [3.63, 3.8) is 0 Å². The lowest BCUT2D eigenvalue weighted by Crippen LogP contribution is -2.26. The molecule has 0 spiro atoms. The second-order valence-electron chi connectivity index (χ2n) is 4.12. The van der Waals surface area contributed by atoms with Gasteiger partial charge in [0.25, 0.3) is 0 Å². The van der Waals surface area contributed by atoms with E-state index in [2.05, 4.69) is 36.6 Å². The Morgan fingerprint density at radius 3 is 2.65 bits per heavy atom. The third-order valence-corrected chi connectivity index (χ3v) is 5.04. The van der Waals surface area contributed by atoms with Crippen molar-refractivity contribution >= 4 is 37.8 Å². The van der Waals surface area contributed by atoms with Gasteiger partial charge in [0, 0.05) is 10.2 Å². The minimum atomic E-state index is -4.87. The topological polar surface area (TPSA) is 26.3 Å². The van der Waals surface area contributed by atoms with Crippen LogP contribution < -0.4 is 0 Å². The first-order valence-corrected chi connectivity index (χ1v) is 7.36. The average Bonchev–Trinajstić information content (AvgIpc) is 2.95. The Morgan fingerprint density at radius 1 is 1.47 bits per heavy atom. The summed E-state index contributed by atoms with van der Waals surface area (Å²) in [5, 5.41) is 0.851. The maximum atomic E-state index is 11.9. The third kappa shape index (κ3) is 5.59. The number of carbonyl (C=O) groups excluding carboxylic acids is 1. The van der Waals surface area contributed by atoms with E-state index in [9.17, 15) is 18.0 Å². The van der Waals surface area contributed by atoms with E-state index in [1.807, 2.05) is 0 Å². The van der Waals surface area contributed by atoms with Gasteiger partial charge in [-0.3, -0.25) is 0 Å². The maximum absolute atomic E-state index is 11.9. The van der Waals surface area contributed by atoms with E-state index in [-0.39, 0.29) is 5.92 Å². The largest absolute Gasteiger partial charge is 0.490 e. The number of rotatable bonds is 6. The average molecular weight is 382 g/mol. The quantitative estimate of drug-likeness (QED) is 0.516. The first-order valence-electron chi connectivity index (χ1n) is 5.32. The monoisotopic (exact) mass is 380 g/mol. The summed E-state index contributed by atoms with van der Waals surface area (Å²) < 4.78 is 40.0. The number of carbonyl (C=O) groups is 1. The normalized spacial score (nSPS) is 25.5. The summed E-state index contributed by atoms with van der Waals surface area (Å²) in [6, 6.07) is 0. The van der Waals surface area contributed by atoms with Crippen LogP contribution in [-0.2, 0) is 9.53 Å². The van der Waals surface area contributed by atoms with Gasteiger partial charge in [-0.15, -0.1) is 0 Å². The van der Waals surface area contributed by atoms with Crippen molar-refractivity contribution < 1.29 is 22.7 Å². The lowest BCUT2D eigenvalue weighted by Gasteiger charge is -2.07. The molecule has 0 aromatic heterocycles. The zero-order valence-corrected chi connectivity index (χ0v) is 12.1. The zero-order chi connectivity index (χ0) is 13.1. The molecule has 1 fully saturated rings. The lowest BCUT2D eigenvalue weighted by atomic mass is 10.1. The number of ether oxygens (including phenoxy) is 1. The van der Waals surface area contributed by atoms with Crippen LogP contribution in [0.2, 0.25) is 0 Å². The molecule has 0 aromatic carbocycles. The van der Waals surface area contributed by atoms with Gasteiger partial charge in [0.05, 0.1) is 0 Å². The Morgan fingerprint density at radius 2 is 2.12 bits per heavy atom. The Balaban J connectivity index is 2.11. The van der Waals surface area contributed by atoms with Gasteiger partial charge in [-0.2, -0.15) is 13.2 Å². The molecule has 2 nitrogen and oxygen atoms in total. The molecule has 1 saturated carbocycles. The molecule has 0 bridgehead atoms. The van der Waals surface area contributed by atoms with Crippen LogP contribution in [0.1, 0.15) is 25.7 Å². The van der Waals surface area contributed by atoms with Gasteiger partial charge >= 0.3 is 12.1 Å². The van der Waals surface area contributed by atoms with Crippen LogP contribution in [0, 0.1) is 5.92 Å². The molecule has 0 heterocycles. The summed E-state index contributed by atoms with van der Waals surface area (Å²) in [6.07, 6.45) is -2.15. The number of hydrogen-bond acceptors (Lipinski definition) is 2. The molecule has 0 N–H and O–H groups in total. The number of hydrogen-bond donors (Lipinski definition) is 0. The van der Waals surface area contributed by atoms with Gasteiger partial charge in [-0.25, -0.2) is 4.79 Å². The van der Waals surface area contributed by atoms with Crippen LogP contribution in [0.5, 0.6) is 0 Å². The summed E-state index contributed by atoms with van der Waals surface area (Å²) >= 11 is 6.77. The van der Waals surface area contributed by atoms with Crippen LogP contribution >= 0.6 is 31.9 Å². The van der Waals surface area contributed by atoms with Crippen LogP contribution in [0.25, 0.3) is 0 Å². The Labute approximate surface area is 115 Å². The fourth-order valence-corrected chi connectivity index (χ4v) is 2.20. The molecule has 1 aliphatic rings. The molecule has 7 heteroatoms. The van der Waals surface area contributed by atoms with Gasteiger partial charge in [-0.05, 0) is 25.2 Å². The molecule has 1 unspecified atom stereocenters. The highest BCUT2D eigenvalue weighted by Crippen LogP contribution is 2.39. The summed E-state index contributed by atoms with van der Waals surface area (Å²) in [6.45, 7) is 0. The molecular weight excluding hydrogens is 369 g/mol. The molecule has 0 aromatic rings. The van der Waals surface area contributed by atoms with Crippen LogP contribution in [0.15, 0.2) is 0 Å². The van der Waals surface area contributed by atoms with Crippen molar-refractivity contribution in [3.05, 3.63) is 0 Å². The van der Waals surface area contributed by atoms with Crippen molar-refractivity contribution in [2.24, 2.45) is 5.92 Å². The van der Waals surface area contributed by atoms with Gasteiger partial charge in [0.15, 0.2) is 0 Å². The molecule has 17 heavy (non-hydrogen) atoms. The van der Waals surface area contributed by atoms with E-state index in [1.165, 1.54) is 0 Å². The van der Waals surface area contributed by atoms with Gasteiger partial charge in [-0.1, -0.05) is 38.3 Å². The predicted octanol–water partition coefficient (Wildman–Crippen LogP) is 3.81. The second kappa shape index (κ2) is 6.41. The zero-order valence-electron chi connectivity index (χ0n) is 8.97. The van der Waals surface area contributed by atoms with Crippen molar-refractivity contribution in [1.82, 2.24) is 0 Å². The highest BCUT2D eigenvalue weighted by molar-refractivity contribution is 9.12. The lowest BCUT2D eigenvalue weighted by molar-refractivity contribution is -0.201. The minimum Gasteiger partial charge on any atom is -0.455 e. The van der Waals surface area contributed by atoms with Gasteiger partial charge in [0.1, 0.15) is 6.10 Å². The van der Waals surface area contributed by atoms with Crippen molar-refractivity contribution in [2.45, 2.75) is 42.8 Å². The van der Waals surface area contributed by atoms with Crippen molar-refractivity contribution in [1.29, 1.82) is 0 Å². The van der Waals surface area contributed by atoms with Crippen LogP contribution in [0.4, 0.5) is 13.2 Å².